The number of nitrogens with one attached hydrogen (secondary N) is 1. The van der Waals surface area contributed by atoms with Crippen LogP contribution in [0.5, 0.6) is 5.75 Å². The fraction of sp³-hybridized carbons (Fsp3) is 0.0526. The minimum Gasteiger partial charge on any atom is -0.507 e. The number of hydrogen-bond acceptors (Lipinski definition) is 5. The lowest BCUT2D eigenvalue weighted by Crippen LogP contribution is -2.17. The van der Waals surface area contributed by atoms with Gasteiger partial charge in [0, 0.05) is 28.1 Å². The van der Waals surface area contributed by atoms with E-state index in [0.29, 0.717) is 16.5 Å². The topological polar surface area (TPSA) is 105 Å². The molecular weight excluding hydrogens is 334 g/mol. The van der Waals surface area contributed by atoms with Gasteiger partial charge < -0.3 is 5.11 Å². The van der Waals surface area contributed by atoms with Gasteiger partial charge in [0.15, 0.2) is 0 Å². The molecule has 2 N–H and O–H groups in total. The molecular formula is C19H15N3O4. The molecule has 0 aliphatic rings. The van der Waals surface area contributed by atoms with Gasteiger partial charge in [-0.15, -0.1) is 0 Å². The van der Waals surface area contributed by atoms with Gasteiger partial charge in [-0.2, -0.15) is 5.10 Å². The zero-order valence-corrected chi connectivity index (χ0v) is 13.8. The van der Waals surface area contributed by atoms with Crippen LogP contribution < -0.4 is 5.43 Å². The fourth-order valence-corrected chi connectivity index (χ4v) is 2.55. The van der Waals surface area contributed by atoms with E-state index in [1.54, 1.807) is 19.1 Å². The van der Waals surface area contributed by atoms with E-state index in [4.69, 9.17) is 0 Å². The maximum Gasteiger partial charge on any atom is 0.273 e. The van der Waals surface area contributed by atoms with Crippen molar-refractivity contribution in [3.8, 4) is 5.75 Å². The molecule has 0 aliphatic carbocycles. The average molecular weight is 349 g/mol. The number of phenolic OH excluding ortho intramolecular Hbond substituents is 1. The van der Waals surface area contributed by atoms with Crippen molar-refractivity contribution in [2.45, 2.75) is 6.92 Å². The van der Waals surface area contributed by atoms with Gasteiger partial charge in [-0.1, -0.05) is 36.4 Å². The van der Waals surface area contributed by atoms with Crippen LogP contribution in [0.15, 0.2) is 59.7 Å². The van der Waals surface area contributed by atoms with Crippen LogP contribution in [0, 0.1) is 17.0 Å². The first-order chi connectivity index (χ1) is 12.5. The number of nitro groups is 1. The lowest BCUT2D eigenvalue weighted by Gasteiger charge is -2.04. The van der Waals surface area contributed by atoms with Crippen LogP contribution in [-0.4, -0.2) is 22.2 Å². The normalized spacial score (nSPS) is 11.0. The predicted molar refractivity (Wildman–Crippen MR) is 98.5 cm³/mol. The first-order valence-corrected chi connectivity index (χ1v) is 7.76. The molecule has 0 aromatic heterocycles. The van der Waals surface area contributed by atoms with E-state index in [9.17, 15) is 20.0 Å². The highest BCUT2D eigenvalue weighted by Crippen LogP contribution is 2.27. The third kappa shape index (κ3) is 3.36. The van der Waals surface area contributed by atoms with E-state index >= 15 is 0 Å². The first kappa shape index (κ1) is 17.1. The van der Waals surface area contributed by atoms with Gasteiger partial charge in [0.2, 0.25) is 0 Å². The summed E-state index contributed by atoms with van der Waals surface area (Å²) >= 11 is 0. The maximum atomic E-state index is 12.1. The zero-order valence-electron chi connectivity index (χ0n) is 13.8. The third-order valence-electron chi connectivity index (χ3n) is 3.97. The average Bonchev–Trinajstić information content (AvgIpc) is 2.64. The number of aryl methyl sites for hydroxylation is 1. The highest BCUT2D eigenvalue weighted by molar-refractivity contribution is 5.98. The molecule has 0 unspecified atom stereocenters. The number of nitro benzene ring substituents is 1. The molecule has 0 heterocycles. The summed E-state index contributed by atoms with van der Waals surface area (Å²) in [5.74, 6) is -0.517. The van der Waals surface area contributed by atoms with Gasteiger partial charge in [-0.25, -0.2) is 5.43 Å². The molecule has 130 valence electrons. The van der Waals surface area contributed by atoms with E-state index in [1.807, 2.05) is 24.3 Å². The SMILES string of the molecule is Cc1ccc(C(=O)NN=Cc2ccc3ccccc3c2O)cc1[N+](=O)[O-]. The molecule has 0 saturated heterocycles. The number of hydrazone groups is 1. The van der Waals surface area contributed by atoms with Crippen molar-refractivity contribution < 1.29 is 14.8 Å². The van der Waals surface area contributed by atoms with Crippen molar-refractivity contribution in [3.05, 3.63) is 81.4 Å². The molecule has 7 heteroatoms. The summed E-state index contributed by atoms with van der Waals surface area (Å²) in [6.45, 7) is 1.60. The summed E-state index contributed by atoms with van der Waals surface area (Å²) in [5.41, 5.74) is 3.21. The number of fused-ring (bicyclic) bond motifs is 1. The Morgan fingerprint density at radius 3 is 2.73 bits per heavy atom. The van der Waals surface area contributed by atoms with Gasteiger partial charge >= 0.3 is 0 Å². The fourth-order valence-electron chi connectivity index (χ4n) is 2.55. The largest absolute Gasteiger partial charge is 0.507 e. The van der Waals surface area contributed by atoms with Gasteiger partial charge in [0.05, 0.1) is 11.1 Å². The number of phenols is 1. The molecule has 0 aliphatic heterocycles. The summed E-state index contributed by atoms with van der Waals surface area (Å²) in [6.07, 6.45) is 1.32. The second kappa shape index (κ2) is 7.02. The van der Waals surface area contributed by atoms with Gasteiger partial charge in [-0.05, 0) is 24.4 Å². The molecule has 0 radical (unpaired) electrons. The Labute approximate surface area is 148 Å². The summed E-state index contributed by atoms with van der Waals surface area (Å²) in [7, 11) is 0. The molecule has 1 amide bonds. The molecule has 3 rings (SSSR count). The Kier molecular flexibility index (Phi) is 4.62. The highest BCUT2D eigenvalue weighted by Gasteiger charge is 2.14. The van der Waals surface area contributed by atoms with Crippen molar-refractivity contribution >= 4 is 28.6 Å². The predicted octanol–water partition coefficient (Wildman–Crippen LogP) is 3.53. The van der Waals surface area contributed by atoms with E-state index in [2.05, 4.69) is 10.5 Å². The van der Waals surface area contributed by atoms with E-state index in [1.165, 1.54) is 24.4 Å². The van der Waals surface area contributed by atoms with E-state index in [0.717, 1.165) is 5.39 Å². The summed E-state index contributed by atoms with van der Waals surface area (Å²) in [4.78, 5) is 22.5. The second-order valence-corrected chi connectivity index (χ2v) is 5.68. The van der Waals surface area contributed by atoms with Crippen LogP contribution >= 0.6 is 0 Å². The van der Waals surface area contributed by atoms with Crippen LogP contribution in [0.25, 0.3) is 10.8 Å². The molecule has 0 spiro atoms. The maximum absolute atomic E-state index is 12.1. The minimum atomic E-state index is -0.579. The van der Waals surface area contributed by atoms with Crippen molar-refractivity contribution in [1.82, 2.24) is 5.43 Å². The van der Waals surface area contributed by atoms with E-state index in [-0.39, 0.29) is 17.0 Å². The molecule has 3 aromatic rings. The second-order valence-electron chi connectivity index (χ2n) is 5.68. The zero-order chi connectivity index (χ0) is 18.7. The molecule has 0 fully saturated rings. The number of carbonyl (C=O) groups is 1. The Hall–Kier alpha value is -3.74. The molecule has 0 bridgehead atoms. The minimum absolute atomic E-state index is 0.0621. The van der Waals surface area contributed by atoms with Crippen molar-refractivity contribution in [1.29, 1.82) is 0 Å². The Balaban J connectivity index is 1.79. The van der Waals surface area contributed by atoms with Crippen LogP contribution in [0.2, 0.25) is 0 Å². The van der Waals surface area contributed by atoms with Crippen LogP contribution in [0.4, 0.5) is 5.69 Å². The summed E-state index contributed by atoms with van der Waals surface area (Å²) < 4.78 is 0. The Bertz CT molecular complexity index is 1040. The smallest absolute Gasteiger partial charge is 0.273 e. The molecule has 26 heavy (non-hydrogen) atoms. The molecule has 0 atom stereocenters. The van der Waals surface area contributed by atoms with Crippen molar-refractivity contribution in [2.24, 2.45) is 5.10 Å². The number of hydrogen-bond donors (Lipinski definition) is 2. The van der Waals surface area contributed by atoms with Crippen molar-refractivity contribution in [3.63, 3.8) is 0 Å². The lowest BCUT2D eigenvalue weighted by molar-refractivity contribution is -0.385. The Morgan fingerprint density at radius 2 is 1.96 bits per heavy atom. The number of amides is 1. The monoisotopic (exact) mass is 349 g/mol. The number of rotatable bonds is 4. The number of nitrogens with zero attached hydrogens (tertiary/aromatic N) is 2. The summed E-state index contributed by atoms with van der Waals surface area (Å²) in [5, 5.41) is 26.6. The highest BCUT2D eigenvalue weighted by atomic mass is 16.6. The van der Waals surface area contributed by atoms with Crippen LogP contribution in [-0.2, 0) is 0 Å². The number of benzene rings is 3. The number of carbonyl (C=O) groups excluding carboxylic acids is 1. The Morgan fingerprint density at radius 1 is 1.19 bits per heavy atom. The van der Waals surface area contributed by atoms with Gasteiger partial charge in [-0.3, -0.25) is 14.9 Å². The van der Waals surface area contributed by atoms with Crippen LogP contribution in [0.3, 0.4) is 0 Å². The first-order valence-electron chi connectivity index (χ1n) is 7.76. The third-order valence-corrected chi connectivity index (χ3v) is 3.97. The standard InChI is InChI=1S/C19H15N3O4/c1-12-6-7-14(10-17(12)22(25)26)19(24)21-20-11-15-9-8-13-4-2-3-5-16(13)18(15)23/h2-11,23H,1H3,(H,21,24). The quantitative estimate of drug-likeness (QED) is 0.427. The van der Waals surface area contributed by atoms with E-state index < -0.39 is 10.8 Å². The molecule has 3 aromatic carbocycles. The molecule has 0 saturated carbocycles. The van der Waals surface area contributed by atoms with Crippen LogP contribution in [0.1, 0.15) is 21.5 Å². The number of aromatic hydroxyl groups is 1. The van der Waals surface area contributed by atoms with Gasteiger partial charge in [0.25, 0.3) is 11.6 Å². The van der Waals surface area contributed by atoms with Crippen molar-refractivity contribution in [2.75, 3.05) is 0 Å². The van der Waals surface area contributed by atoms with Gasteiger partial charge in [0.1, 0.15) is 5.75 Å². The lowest BCUT2D eigenvalue weighted by atomic mass is 10.1. The molecule has 7 nitrogen and oxygen atoms in total. The summed E-state index contributed by atoms with van der Waals surface area (Å²) in [6, 6.07) is 15.1.